The first-order valence-corrected chi connectivity index (χ1v) is 9.52. The number of allylic oxidation sites excluding steroid dienone is 4. The van der Waals surface area contributed by atoms with Gasteiger partial charge in [-0.1, -0.05) is 67.3 Å². The minimum Gasteiger partial charge on any atom is -0.0845 e. The summed E-state index contributed by atoms with van der Waals surface area (Å²) in [5.74, 6) is 0. The lowest BCUT2D eigenvalue weighted by Gasteiger charge is -2.27. The summed E-state index contributed by atoms with van der Waals surface area (Å²) >= 11 is 0. The molecule has 0 unspecified atom stereocenters. The van der Waals surface area contributed by atoms with E-state index in [1.165, 1.54) is 12.0 Å². The van der Waals surface area contributed by atoms with Crippen molar-refractivity contribution in [3.63, 3.8) is 0 Å². The summed E-state index contributed by atoms with van der Waals surface area (Å²) in [7, 11) is -1.17. The van der Waals surface area contributed by atoms with E-state index in [1.54, 1.807) is 10.8 Å². The molecule has 0 amide bonds. The second-order valence-electron chi connectivity index (χ2n) is 5.45. The van der Waals surface area contributed by atoms with Gasteiger partial charge in [-0.05, 0) is 24.0 Å². The largest absolute Gasteiger partial charge is 0.0845 e. The van der Waals surface area contributed by atoms with Gasteiger partial charge >= 0.3 is 0 Å². The molecule has 0 atom stereocenters. The fourth-order valence-electron chi connectivity index (χ4n) is 2.34. The molecule has 1 aromatic rings. The zero-order chi connectivity index (χ0) is 11.6. The fraction of sp³-hybridized carbons (Fsp3) is 0.333. The summed E-state index contributed by atoms with van der Waals surface area (Å²) in [6.45, 7) is 7.35. The Morgan fingerprint density at radius 2 is 1.50 bits per heavy atom. The summed E-state index contributed by atoms with van der Waals surface area (Å²) in [6, 6.07) is 10.9. The SMILES string of the molecule is C[Si](C)(C)C1=C(c2ccccc2)CC=CC1. The van der Waals surface area contributed by atoms with Crippen LogP contribution in [-0.2, 0) is 0 Å². The molecule has 84 valence electrons. The molecule has 0 saturated heterocycles. The molecule has 0 aromatic heterocycles. The standard InChI is InChI=1S/C15H20Si/c1-16(2,3)15-12-8-7-11-14(15)13-9-5-4-6-10-13/h4-10H,11-12H2,1-3H3. The van der Waals surface area contributed by atoms with Crippen LogP contribution in [0.15, 0.2) is 47.7 Å². The average Bonchev–Trinajstić information content (AvgIpc) is 2.29. The molecule has 1 aliphatic carbocycles. The monoisotopic (exact) mass is 228 g/mol. The number of rotatable bonds is 2. The summed E-state index contributed by atoms with van der Waals surface area (Å²) in [4.78, 5) is 0. The Balaban J connectivity index is 2.47. The highest BCUT2D eigenvalue weighted by Gasteiger charge is 2.23. The number of hydrogen-bond acceptors (Lipinski definition) is 0. The van der Waals surface area contributed by atoms with Crippen LogP contribution in [0.4, 0.5) is 0 Å². The van der Waals surface area contributed by atoms with Crippen LogP contribution in [0.5, 0.6) is 0 Å². The smallest absolute Gasteiger partial charge is 0.0732 e. The lowest BCUT2D eigenvalue weighted by Crippen LogP contribution is -2.26. The molecule has 0 spiro atoms. The van der Waals surface area contributed by atoms with Crippen LogP contribution in [0.3, 0.4) is 0 Å². The van der Waals surface area contributed by atoms with Gasteiger partial charge in [-0.3, -0.25) is 0 Å². The van der Waals surface area contributed by atoms with E-state index in [2.05, 4.69) is 62.1 Å². The Hall–Kier alpha value is -1.08. The molecule has 0 radical (unpaired) electrons. The van der Waals surface area contributed by atoms with Crippen molar-refractivity contribution in [3.8, 4) is 0 Å². The Morgan fingerprint density at radius 1 is 0.875 bits per heavy atom. The quantitative estimate of drug-likeness (QED) is 0.510. The van der Waals surface area contributed by atoms with Crippen molar-refractivity contribution in [2.45, 2.75) is 32.5 Å². The highest BCUT2D eigenvalue weighted by Crippen LogP contribution is 2.33. The van der Waals surface area contributed by atoms with Crippen molar-refractivity contribution < 1.29 is 0 Å². The zero-order valence-corrected chi connectivity index (χ0v) is 11.5. The van der Waals surface area contributed by atoms with Crippen molar-refractivity contribution >= 4 is 13.6 Å². The van der Waals surface area contributed by atoms with E-state index in [9.17, 15) is 0 Å². The molecule has 1 aromatic carbocycles. The lowest BCUT2D eigenvalue weighted by atomic mass is 9.98. The number of benzene rings is 1. The van der Waals surface area contributed by atoms with Crippen LogP contribution >= 0.6 is 0 Å². The Morgan fingerprint density at radius 3 is 2.12 bits per heavy atom. The van der Waals surface area contributed by atoms with Gasteiger partial charge in [0, 0.05) is 0 Å². The van der Waals surface area contributed by atoms with Crippen molar-refractivity contribution in [1.82, 2.24) is 0 Å². The molecule has 0 fully saturated rings. The topological polar surface area (TPSA) is 0 Å². The first-order valence-electron chi connectivity index (χ1n) is 6.02. The molecule has 1 heteroatoms. The Bertz CT molecular complexity index is 418. The third kappa shape index (κ3) is 2.35. The van der Waals surface area contributed by atoms with Gasteiger partial charge in [0.15, 0.2) is 0 Å². The molecule has 2 rings (SSSR count). The lowest BCUT2D eigenvalue weighted by molar-refractivity contribution is 1.19. The normalized spacial score (nSPS) is 16.7. The van der Waals surface area contributed by atoms with Crippen molar-refractivity contribution in [1.29, 1.82) is 0 Å². The minimum atomic E-state index is -1.17. The molecule has 0 nitrogen and oxygen atoms in total. The third-order valence-corrected chi connectivity index (χ3v) is 5.52. The van der Waals surface area contributed by atoms with E-state index >= 15 is 0 Å². The van der Waals surface area contributed by atoms with Gasteiger partial charge in [0.05, 0.1) is 8.07 Å². The minimum absolute atomic E-state index is 1.11. The third-order valence-electron chi connectivity index (χ3n) is 3.20. The van der Waals surface area contributed by atoms with Gasteiger partial charge in [-0.2, -0.15) is 0 Å². The van der Waals surface area contributed by atoms with Crippen LogP contribution in [0, 0.1) is 0 Å². The zero-order valence-electron chi connectivity index (χ0n) is 10.5. The first-order chi connectivity index (χ1) is 7.59. The average molecular weight is 228 g/mol. The van der Waals surface area contributed by atoms with E-state index in [4.69, 9.17) is 0 Å². The van der Waals surface area contributed by atoms with E-state index in [0.717, 1.165) is 6.42 Å². The second-order valence-corrected chi connectivity index (χ2v) is 10.6. The predicted octanol–water partition coefficient (Wildman–Crippen LogP) is 4.67. The summed E-state index contributed by atoms with van der Waals surface area (Å²) in [5.41, 5.74) is 3.01. The van der Waals surface area contributed by atoms with Gasteiger partial charge in [-0.15, -0.1) is 0 Å². The fourth-order valence-corrected chi connectivity index (χ4v) is 4.22. The molecular formula is C15H20Si. The number of hydrogen-bond donors (Lipinski definition) is 0. The Kier molecular flexibility index (Phi) is 3.15. The molecule has 0 aliphatic heterocycles. The Labute approximate surface area is 99.7 Å². The van der Waals surface area contributed by atoms with E-state index in [-0.39, 0.29) is 0 Å². The van der Waals surface area contributed by atoms with Gasteiger partial charge < -0.3 is 0 Å². The van der Waals surface area contributed by atoms with E-state index in [0.29, 0.717) is 0 Å². The maximum Gasteiger partial charge on any atom is 0.0732 e. The van der Waals surface area contributed by atoms with Gasteiger partial charge in [0.2, 0.25) is 0 Å². The molecule has 0 bridgehead atoms. The van der Waals surface area contributed by atoms with Crippen LogP contribution in [0.1, 0.15) is 18.4 Å². The molecule has 1 aliphatic rings. The second kappa shape index (κ2) is 4.42. The van der Waals surface area contributed by atoms with Crippen LogP contribution < -0.4 is 0 Å². The van der Waals surface area contributed by atoms with E-state index in [1.807, 2.05) is 0 Å². The highest BCUT2D eigenvalue weighted by molar-refractivity contribution is 6.84. The summed E-state index contributed by atoms with van der Waals surface area (Å²) < 4.78 is 0. The first kappa shape index (κ1) is 11.4. The summed E-state index contributed by atoms with van der Waals surface area (Å²) in [6.07, 6.45) is 6.93. The van der Waals surface area contributed by atoms with E-state index < -0.39 is 8.07 Å². The van der Waals surface area contributed by atoms with Gasteiger partial charge in [0.1, 0.15) is 0 Å². The molecule has 0 N–H and O–H groups in total. The molecule has 0 heterocycles. The van der Waals surface area contributed by atoms with Crippen molar-refractivity contribution in [2.24, 2.45) is 0 Å². The van der Waals surface area contributed by atoms with Crippen molar-refractivity contribution in [2.75, 3.05) is 0 Å². The van der Waals surface area contributed by atoms with Crippen LogP contribution in [0.25, 0.3) is 5.57 Å². The molecule has 0 saturated carbocycles. The van der Waals surface area contributed by atoms with Crippen molar-refractivity contribution in [3.05, 3.63) is 53.2 Å². The molecule has 16 heavy (non-hydrogen) atoms. The maximum absolute atomic E-state index is 2.45. The van der Waals surface area contributed by atoms with Gasteiger partial charge in [-0.25, -0.2) is 0 Å². The predicted molar refractivity (Wildman–Crippen MR) is 75.1 cm³/mol. The van der Waals surface area contributed by atoms with Gasteiger partial charge in [0.25, 0.3) is 0 Å². The summed E-state index contributed by atoms with van der Waals surface area (Å²) in [5, 5.41) is 1.72. The van der Waals surface area contributed by atoms with Crippen LogP contribution in [-0.4, -0.2) is 8.07 Å². The molecular weight excluding hydrogens is 208 g/mol. The highest BCUT2D eigenvalue weighted by atomic mass is 28.3. The van der Waals surface area contributed by atoms with Crippen LogP contribution in [0.2, 0.25) is 19.6 Å². The maximum atomic E-state index is 2.45.